The minimum atomic E-state index is -0.178. The van der Waals surface area contributed by atoms with Crippen molar-refractivity contribution in [1.82, 2.24) is 10.0 Å². The highest BCUT2D eigenvalue weighted by molar-refractivity contribution is 4.75. The first-order chi connectivity index (χ1) is 6.75. The molecule has 2 atom stereocenters. The van der Waals surface area contributed by atoms with Crippen molar-refractivity contribution >= 4 is 0 Å². The molecule has 0 amide bonds. The van der Waals surface area contributed by atoms with Gasteiger partial charge in [0.1, 0.15) is 0 Å². The monoisotopic (exact) mass is 200 g/mol. The van der Waals surface area contributed by atoms with Crippen LogP contribution in [0.25, 0.3) is 0 Å². The van der Waals surface area contributed by atoms with Crippen LogP contribution >= 0.6 is 0 Å². The Kier molecular flexibility index (Phi) is 3.38. The zero-order chi connectivity index (χ0) is 9.97. The number of piperidine rings is 2. The first-order valence-corrected chi connectivity index (χ1v) is 5.61. The summed E-state index contributed by atoms with van der Waals surface area (Å²) < 4.78 is 0. The van der Waals surface area contributed by atoms with E-state index in [0.717, 1.165) is 51.9 Å². The van der Waals surface area contributed by atoms with Crippen molar-refractivity contribution in [2.45, 2.75) is 37.9 Å². The number of hydrogen-bond donors (Lipinski definition) is 2. The van der Waals surface area contributed by atoms with Gasteiger partial charge in [-0.2, -0.15) is 0 Å². The third kappa shape index (κ3) is 2.45. The van der Waals surface area contributed by atoms with E-state index in [2.05, 4.69) is 10.0 Å². The van der Waals surface area contributed by atoms with E-state index in [-0.39, 0.29) is 12.2 Å². The van der Waals surface area contributed by atoms with Crippen LogP contribution in [0.1, 0.15) is 25.7 Å². The lowest BCUT2D eigenvalue weighted by atomic mass is 10.1. The highest BCUT2D eigenvalue weighted by Gasteiger charge is 2.26. The summed E-state index contributed by atoms with van der Waals surface area (Å²) in [5.41, 5.74) is 0. The topological polar surface area (TPSA) is 46.9 Å². The van der Waals surface area contributed by atoms with E-state index in [9.17, 15) is 10.2 Å². The Bertz CT molecular complexity index is 169. The predicted molar refractivity (Wildman–Crippen MR) is 53.6 cm³/mol. The molecule has 2 aliphatic rings. The van der Waals surface area contributed by atoms with Crippen LogP contribution in [0.3, 0.4) is 0 Å². The molecular weight excluding hydrogens is 180 g/mol. The minimum absolute atomic E-state index is 0.178. The van der Waals surface area contributed by atoms with Crippen molar-refractivity contribution in [1.29, 1.82) is 0 Å². The maximum atomic E-state index is 9.55. The van der Waals surface area contributed by atoms with Gasteiger partial charge in [0.2, 0.25) is 0 Å². The molecule has 0 saturated carbocycles. The van der Waals surface area contributed by atoms with Crippen LogP contribution in [0.5, 0.6) is 0 Å². The predicted octanol–water partition coefficient (Wildman–Crippen LogP) is -0.185. The van der Waals surface area contributed by atoms with E-state index in [0.29, 0.717) is 0 Å². The molecule has 2 heterocycles. The van der Waals surface area contributed by atoms with Gasteiger partial charge in [-0.3, -0.25) is 0 Å². The smallest absolute Gasteiger partial charge is 0.0681 e. The van der Waals surface area contributed by atoms with E-state index in [1.807, 2.05) is 0 Å². The second-order valence-electron chi connectivity index (χ2n) is 4.42. The third-order valence-corrected chi connectivity index (χ3v) is 3.15. The minimum Gasteiger partial charge on any atom is -0.392 e. The second kappa shape index (κ2) is 4.57. The Morgan fingerprint density at radius 2 is 1.21 bits per heavy atom. The molecule has 0 radical (unpaired) electrons. The van der Waals surface area contributed by atoms with Crippen LogP contribution in [-0.4, -0.2) is 58.6 Å². The number of hydrazine groups is 1. The summed E-state index contributed by atoms with van der Waals surface area (Å²) in [6.45, 7) is 3.55. The average Bonchev–Trinajstić information content (AvgIpc) is 2.18. The van der Waals surface area contributed by atoms with Crippen molar-refractivity contribution in [3.05, 3.63) is 0 Å². The van der Waals surface area contributed by atoms with Crippen molar-refractivity contribution in [3.63, 3.8) is 0 Å². The number of β-amino-alcohol motifs (C(OH)–C–C–N with tert-alkyl or cyclic N) is 2. The quantitative estimate of drug-likeness (QED) is 0.616. The SMILES string of the molecule is OC1CCCN(N2CCCC(O)C2)C1. The van der Waals surface area contributed by atoms with Gasteiger partial charge in [0.15, 0.2) is 0 Å². The lowest BCUT2D eigenvalue weighted by Crippen LogP contribution is -2.53. The standard InChI is InChI=1S/C10H20N2O2/c13-9-3-1-5-11(7-9)12-6-2-4-10(14)8-12/h9-10,13-14H,1-8H2. The van der Waals surface area contributed by atoms with Crippen LogP contribution in [-0.2, 0) is 0 Å². The largest absolute Gasteiger partial charge is 0.392 e. The molecule has 0 aliphatic carbocycles. The summed E-state index contributed by atoms with van der Waals surface area (Å²) in [7, 11) is 0. The van der Waals surface area contributed by atoms with Crippen LogP contribution in [0.4, 0.5) is 0 Å². The van der Waals surface area contributed by atoms with E-state index in [1.165, 1.54) is 0 Å². The summed E-state index contributed by atoms with van der Waals surface area (Å²) >= 11 is 0. The third-order valence-electron chi connectivity index (χ3n) is 3.15. The highest BCUT2D eigenvalue weighted by Crippen LogP contribution is 2.17. The van der Waals surface area contributed by atoms with Gasteiger partial charge in [-0.1, -0.05) is 0 Å². The molecule has 0 spiro atoms. The van der Waals surface area contributed by atoms with Gasteiger partial charge < -0.3 is 10.2 Å². The molecule has 0 aromatic rings. The van der Waals surface area contributed by atoms with Crippen LogP contribution in [0.15, 0.2) is 0 Å². The molecule has 0 aromatic carbocycles. The molecule has 2 aliphatic heterocycles. The second-order valence-corrected chi connectivity index (χ2v) is 4.42. The molecular formula is C10H20N2O2. The molecule has 82 valence electrons. The van der Waals surface area contributed by atoms with Crippen LogP contribution in [0.2, 0.25) is 0 Å². The normalized spacial score (nSPS) is 37.3. The Balaban J connectivity index is 1.86. The fraction of sp³-hybridized carbons (Fsp3) is 1.00. The lowest BCUT2D eigenvalue weighted by molar-refractivity contribution is -0.108. The van der Waals surface area contributed by atoms with E-state index in [4.69, 9.17) is 0 Å². The maximum absolute atomic E-state index is 9.55. The molecule has 4 nitrogen and oxygen atoms in total. The van der Waals surface area contributed by atoms with Crippen LogP contribution < -0.4 is 0 Å². The zero-order valence-electron chi connectivity index (χ0n) is 8.60. The Morgan fingerprint density at radius 3 is 1.57 bits per heavy atom. The van der Waals surface area contributed by atoms with Gasteiger partial charge in [0.25, 0.3) is 0 Å². The zero-order valence-corrected chi connectivity index (χ0v) is 8.60. The Labute approximate surface area is 85.1 Å². The fourth-order valence-electron chi connectivity index (χ4n) is 2.38. The number of aliphatic hydroxyl groups is 2. The molecule has 2 N–H and O–H groups in total. The molecule has 14 heavy (non-hydrogen) atoms. The van der Waals surface area contributed by atoms with Crippen molar-refractivity contribution in [3.8, 4) is 0 Å². The summed E-state index contributed by atoms with van der Waals surface area (Å²) in [6.07, 6.45) is 3.62. The average molecular weight is 200 g/mol. The molecule has 2 unspecified atom stereocenters. The van der Waals surface area contributed by atoms with Gasteiger partial charge in [0, 0.05) is 26.2 Å². The molecule has 0 aromatic heterocycles. The fourth-order valence-corrected chi connectivity index (χ4v) is 2.38. The van der Waals surface area contributed by atoms with Gasteiger partial charge in [0.05, 0.1) is 12.2 Å². The van der Waals surface area contributed by atoms with Crippen molar-refractivity contribution < 1.29 is 10.2 Å². The van der Waals surface area contributed by atoms with E-state index >= 15 is 0 Å². The molecule has 2 rings (SSSR count). The number of hydrogen-bond acceptors (Lipinski definition) is 4. The number of nitrogens with zero attached hydrogens (tertiary/aromatic N) is 2. The summed E-state index contributed by atoms with van der Waals surface area (Å²) in [6, 6.07) is 0. The molecule has 4 heteroatoms. The highest BCUT2D eigenvalue weighted by atomic mass is 16.3. The first kappa shape index (κ1) is 10.4. The summed E-state index contributed by atoms with van der Waals surface area (Å²) in [4.78, 5) is 0. The Morgan fingerprint density at radius 1 is 0.786 bits per heavy atom. The van der Waals surface area contributed by atoms with Crippen molar-refractivity contribution in [2.75, 3.05) is 26.2 Å². The van der Waals surface area contributed by atoms with Gasteiger partial charge in [-0.25, -0.2) is 10.0 Å². The Hall–Kier alpha value is -0.160. The first-order valence-electron chi connectivity index (χ1n) is 5.61. The maximum Gasteiger partial charge on any atom is 0.0681 e. The van der Waals surface area contributed by atoms with E-state index < -0.39 is 0 Å². The van der Waals surface area contributed by atoms with Gasteiger partial charge >= 0.3 is 0 Å². The summed E-state index contributed by atoms with van der Waals surface area (Å²) in [5, 5.41) is 23.5. The van der Waals surface area contributed by atoms with Crippen LogP contribution in [0, 0.1) is 0 Å². The lowest BCUT2D eigenvalue weighted by Gasteiger charge is -2.42. The molecule has 2 fully saturated rings. The van der Waals surface area contributed by atoms with E-state index in [1.54, 1.807) is 0 Å². The number of aliphatic hydroxyl groups excluding tert-OH is 2. The number of rotatable bonds is 1. The molecule has 2 saturated heterocycles. The van der Waals surface area contributed by atoms with Crippen molar-refractivity contribution in [2.24, 2.45) is 0 Å². The molecule has 0 bridgehead atoms. The van der Waals surface area contributed by atoms with Gasteiger partial charge in [-0.15, -0.1) is 0 Å². The van der Waals surface area contributed by atoms with Gasteiger partial charge in [-0.05, 0) is 25.7 Å². The summed E-state index contributed by atoms with van der Waals surface area (Å²) in [5.74, 6) is 0.